The molecule has 0 saturated heterocycles. The van der Waals surface area contributed by atoms with E-state index >= 15 is 0 Å². The molecule has 0 amide bonds. The second kappa shape index (κ2) is 5.52. The Kier molecular flexibility index (Phi) is 4.62. The maximum atomic E-state index is 5.80. The summed E-state index contributed by atoms with van der Waals surface area (Å²) in [6.45, 7) is 0.719. The maximum Gasteiger partial charge on any atom is 0.146 e. The third-order valence-electron chi connectivity index (χ3n) is 1.50. The number of hydrogen-bond acceptors (Lipinski definition) is 3. The molecule has 1 heterocycles. The lowest BCUT2D eigenvalue weighted by atomic mass is 10.3. The summed E-state index contributed by atoms with van der Waals surface area (Å²) < 4.78 is 5.65. The zero-order valence-electron chi connectivity index (χ0n) is 7.26. The Hall–Kier alpha value is -0.190. The van der Waals surface area contributed by atoms with Crippen LogP contribution in [0.15, 0.2) is 10.7 Å². The first-order valence-electron chi connectivity index (χ1n) is 3.90. The van der Waals surface area contributed by atoms with Crippen molar-refractivity contribution in [2.75, 3.05) is 13.7 Å². The van der Waals surface area contributed by atoms with E-state index in [1.165, 1.54) is 0 Å². The summed E-state index contributed by atoms with van der Waals surface area (Å²) in [6.07, 6.45) is 3.37. The average molecular weight is 266 g/mol. The van der Waals surface area contributed by atoms with E-state index in [0.29, 0.717) is 5.15 Å². The number of hydrogen-bond donors (Lipinski definition) is 0. The van der Waals surface area contributed by atoms with Crippen LogP contribution >= 0.6 is 27.5 Å². The van der Waals surface area contributed by atoms with E-state index in [2.05, 4.69) is 25.9 Å². The first-order chi connectivity index (χ1) is 6.24. The van der Waals surface area contributed by atoms with Crippen LogP contribution in [0, 0.1) is 0 Å². The van der Waals surface area contributed by atoms with Gasteiger partial charge in [-0.05, 0) is 22.4 Å². The van der Waals surface area contributed by atoms with Gasteiger partial charge in [0.2, 0.25) is 0 Å². The first-order valence-corrected chi connectivity index (χ1v) is 5.07. The van der Waals surface area contributed by atoms with Crippen LogP contribution in [-0.4, -0.2) is 23.7 Å². The van der Waals surface area contributed by atoms with Crippen LogP contribution < -0.4 is 0 Å². The third-order valence-corrected chi connectivity index (χ3v) is 2.60. The Morgan fingerprint density at radius 2 is 2.38 bits per heavy atom. The van der Waals surface area contributed by atoms with Gasteiger partial charge in [-0.2, -0.15) is 0 Å². The van der Waals surface area contributed by atoms with E-state index in [1.807, 2.05) is 0 Å². The molecule has 1 aromatic heterocycles. The predicted octanol–water partition coefficient (Wildman–Crippen LogP) is 2.47. The van der Waals surface area contributed by atoms with Crippen LogP contribution in [-0.2, 0) is 11.2 Å². The van der Waals surface area contributed by atoms with Gasteiger partial charge in [0.25, 0.3) is 0 Å². The molecule has 0 aliphatic rings. The van der Waals surface area contributed by atoms with Gasteiger partial charge in [0, 0.05) is 26.3 Å². The Bertz CT molecular complexity index is 283. The summed E-state index contributed by atoms with van der Waals surface area (Å²) in [7, 11) is 1.68. The number of methoxy groups -OCH3 is 1. The van der Waals surface area contributed by atoms with Crippen LogP contribution in [0.5, 0.6) is 0 Å². The minimum atomic E-state index is 0.461. The highest BCUT2D eigenvalue weighted by molar-refractivity contribution is 9.10. The van der Waals surface area contributed by atoms with E-state index < -0.39 is 0 Å². The summed E-state index contributed by atoms with van der Waals surface area (Å²) in [4.78, 5) is 8.21. The van der Waals surface area contributed by atoms with Crippen molar-refractivity contribution < 1.29 is 4.74 Å². The summed E-state index contributed by atoms with van der Waals surface area (Å²) in [5.41, 5.74) is 0. The van der Waals surface area contributed by atoms with E-state index in [4.69, 9.17) is 16.3 Å². The molecule has 0 bridgehead atoms. The molecule has 0 aliphatic carbocycles. The highest BCUT2D eigenvalue weighted by Crippen LogP contribution is 2.18. The molecule has 0 radical (unpaired) electrons. The van der Waals surface area contributed by atoms with Gasteiger partial charge in [-0.25, -0.2) is 9.97 Å². The fourth-order valence-corrected chi connectivity index (χ4v) is 1.21. The SMILES string of the molecule is COCCCc1ncc(Br)c(Cl)n1. The molecule has 1 rings (SSSR count). The second-order valence-electron chi connectivity index (χ2n) is 2.52. The van der Waals surface area contributed by atoms with Crippen molar-refractivity contribution in [2.24, 2.45) is 0 Å². The highest BCUT2D eigenvalue weighted by atomic mass is 79.9. The Morgan fingerprint density at radius 1 is 1.62 bits per heavy atom. The quantitative estimate of drug-likeness (QED) is 0.620. The molecule has 3 nitrogen and oxygen atoms in total. The molecule has 5 heteroatoms. The third kappa shape index (κ3) is 3.58. The summed E-state index contributed by atoms with van der Waals surface area (Å²) in [6, 6.07) is 0. The molecule has 0 atom stereocenters. The molecular formula is C8H10BrClN2O. The zero-order valence-corrected chi connectivity index (χ0v) is 9.60. The van der Waals surface area contributed by atoms with Gasteiger partial charge in [0.1, 0.15) is 11.0 Å². The molecule has 13 heavy (non-hydrogen) atoms. The van der Waals surface area contributed by atoms with Crippen LogP contribution in [0.3, 0.4) is 0 Å². The standard InChI is InChI=1S/C8H10BrClN2O/c1-13-4-2-3-7-11-5-6(9)8(10)12-7/h5H,2-4H2,1H3. The second-order valence-corrected chi connectivity index (χ2v) is 3.73. The Labute approximate surface area is 90.6 Å². The molecule has 0 saturated carbocycles. The summed E-state index contributed by atoms with van der Waals surface area (Å²) in [5, 5.41) is 0.461. The van der Waals surface area contributed by atoms with Gasteiger partial charge in [0.05, 0.1) is 4.47 Å². The minimum Gasteiger partial charge on any atom is -0.385 e. The van der Waals surface area contributed by atoms with Gasteiger partial charge < -0.3 is 4.74 Å². The zero-order chi connectivity index (χ0) is 9.68. The van der Waals surface area contributed by atoms with Gasteiger partial charge in [-0.1, -0.05) is 11.6 Å². The molecule has 0 unspecified atom stereocenters. The minimum absolute atomic E-state index is 0.461. The largest absolute Gasteiger partial charge is 0.385 e. The van der Waals surface area contributed by atoms with E-state index in [1.54, 1.807) is 13.3 Å². The highest BCUT2D eigenvalue weighted by Gasteiger charge is 2.01. The van der Waals surface area contributed by atoms with Gasteiger partial charge in [-0.3, -0.25) is 0 Å². The Balaban J connectivity index is 2.53. The molecule has 72 valence electrons. The lowest BCUT2D eigenvalue weighted by Gasteiger charge is -2.00. The number of rotatable bonds is 4. The smallest absolute Gasteiger partial charge is 0.146 e. The molecule has 0 aliphatic heterocycles. The van der Waals surface area contributed by atoms with E-state index in [9.17, 15) is 0 Å². The molecule has 0 N–H and O–H groups in total. The van der Waals surface area contributed by atoms with Gasteiger partial charge >= 0.3 is 0 Å². The van der Waals surface area contributed by atoms with Crippen molar-refractivity contribution in [1.29, 1.82) is 0 Å². The molecule has 0 spiro atoms. The molecule has 1 aromatic rings. The Morgan fingerprint density at radius 3 is 3.00 bits per heavy atom. The number of aryl methyl sites for hydroxylation is 1. The van der Waals surface area contributed by atoms with Gasteiger partial charge in [-0.15, -0.1) is 0 Å². The van der Waals surface area contributed by atoms with Crippen molar-refractivity contribution in [3.63, 3.8) is 0 Å². The van der Waals surface area contributed by atoms with Crippen molar-refractivity contribution in [2.45, 2.75) is 12.8 Å². The lowest BCUT2D eigenvalue weighted by molar-refractivity contribution is 0.194. The topological polar surface area (TPSA) is 35.0 Å². The number of aromatic nitrogens is 2. The van der Waals surface area contributed by atoms with Gasteiger partial charge in [0.15, 0.2) is 0 Å². The molecule has 0 aromatic carbocycles. The van der Waals surface area contributed by atoms with Crippen LogP contribution in [0.4, 0.5) is 0 Å². The van der Waals surface area contributed by atoms with Crippen LogP contribution in [0.2, 0.25) is 5.15 Å². The first kappa shape index (κ1) is 10.9. The van der Waals surface area contributed by atoms with Crippen molar-refractivity contribution in [3.05, 3.63) is 21.6 Å². The summed E-state index contributed by atoms with van der Waals surface area (Å²) in [5.74, 6) is 0.755. The normalized spacial score (nSPS) is 10.4. The predicted molar refractivity (Wildman–Crippen MR) is 54.9 cm³/mol. The fraction of sp³-hybridized carbons (Fsp3) is 0.500. The van der Waals surface area contributed by atoms with E-state index in [0.717, 1.165) is 29.7 Å². The molecule has 0 fully saturated rings. The fourth-order valence-electron chi connectivity index (χ4n) is 0.875. The molecular weight excluding hydrogens is 255 g/mol. The van der Waals surface area contributed by atoms with Crippen LogP contribution in [0.1, 0.15) is 12.2 Å². The van der Waals surface area contributed by atoms with Crippen molar-refractivity contribution >= 4 is 27.5 Å². The van der Waals surface area contributed by atoms with Crippen molar-refractivity contribution in [3.8, 4) is 0 Å². The number of ether oxygens (including phenoxy) is 1. The van der Waals surface area contributed by atoms with E-state index in [-0.39, 0.29) is 0 Å². The lowest BCUT2D eigenvalue weighted by Crippen LogP contribution is -1.98. The average Bonchev–Trinajstić information content (AvgIpc) is 2.12. The number of nitrogens with zero attached hydrogens (tertiary/aromatic N) is 2. The summed E-state index contributed by atoms with van der Waals surface area (Å²) >= 11 is 9.03. The van der Waals surface area contributed by atoms with Crippen LogP contribution in [0.25, 0.3) is 0 Å². The monoisotopic (exact) mass is 264 g/mol. The van der Waals surface area contributed by atoms with Crippen molar-refractivity contribution in [1.82, 2.24) is 9.97 Å². The number of halogens is 2. The maximum absolute atomic E-state index is 5.80.